The second kappa shape index (κ2) is 7.14. The molecular formula is C17H17ClN2O5. The summed E-state index contributed by atoms with van der Waals surface area (Å²) < 4.78 is 10.3. The van der Waals surface area contributed by atoms with Crippen molar-refractivity contribution in [1.29, 1.82) is 0 Å². The van der Waals surface area contributed by atoms with E-state index in [0.717, 1.165) is 12.8 Å². The molecule has 0 spiro atoms. The fourth-order valence-corrected chi connectivity index (χ4v) is 3.12. The fourth-order valence-electron chi connectivity index (χ4n) is 2.90. The maximum atomic E-state index is 12.6. The molecule has 25 heavy (non-hydrogen) atoms. The summed E-state index contributed by atoms with van der Waals surface area (Å²) in [5.41, 5.74) is 0.952. The molecule has 1 N–H and O–H groups in total. The molecule has 2 aromatic rings. The topological polar surface area (TPSA) is 92.9 Å². The first kappa shape index (κ1) is 17.3. The summed E-state index contributed by atoms with van der Waals surface area (Å²) in [4.78, 5) is 25.3. The molecular weight excluding hydrogens is 348 g/mol. The Morgan fingerprint density at radius 3 is 2.88 bits per heavy atom. The number of methoxy groups -OCH3 is 1. The van der Waals surface area contributed by atoms with Crippen molar-refractivity contribution < 1.29 is 24.0 Å². The van der Waals surface area contributed by atoms with Crippen molar-refractivity contribution in [3.8, 4) is 17.0 Å². The SMILES string of the molecule is COc1ccc(Cl)c(-c2cc(C(=O)N3CCCCC3C(=O)O)on2)c1. The first-order valence-electron chi connectivity index (χ1n) is 7.85. The van der Waals surface area contributed by atoms with Gasteiger partial charge in [-0.05, 0) is 37.5 Å². The molecule has 1 unspecified atom stereocenters. The van der Waals surface area contributed by atoms with Crippen molar-refractivity contribution in [3.05, 3.63) is 35.0 Å². The Morgan fingerprint density at radius 1 is 1.36 bits per heavy atom. The number of amides is 1. The van der Waals surface area contributed by atoms with Gasteiger partial charge in [0.25, 0.3) is 5.91 Å². The third kappa shape index (κ3) is 3.46. The zero-order valence-corrected chi connectivity index (χ0v) is 14.3. The minimum atomic E-state index is -1.01. The molecule has 1 aliphatic heterocycles. The lowest BCUT2D eigenvalue weighted by Crippen LogP contribution is -2.47. The Labute approximate surface area is 149 Å². The van der Waals surface area contributed by atoms with Crippen LogP contribution in [0.25, 0.3) is 11.3 Å². The number of carbonyl (C=O) groups is 2. The van der Waals surface area contributed by atoms with Crippen LogP contribution in [0.2, 0.25) is 5.02 Å². The second-order valence-corrected chi connectivity index (χ2v) is 6.18. The predicted molar refractivity (Wildman–Crippen MR) is 89.8 cm³/mol. The first-order chi connectivity index (χ1) is 12.0. The number of likely N-dealkylation sites (tertiary alicyclic amines) is 1. The molecule has 1 amide bonds. The maximum Gasteiger partial charge on any atom is 0.326 e. The lowest BCUT2D eigenvalue weighted by atomic mass is 10.0. The highest BCUT2D eigenvalue weighted by atomic mass is 35.5. The van der Waals surface area contributed by atoms with E-state index in [9.17, 15) is 14.7 Å². The van der Waals surface area contributed by atoms with E-state index in [1.54, 1.807) is 18.2 Å². The third-order valence-corrected chi connectivity index (χ3v) is 4.55. The minimum absolute atomic E-state index is 0.0120. The number of aromatic nitrogens is 1. The monoisotopic (exact) mass is 364 g/mol. The normalized spacial score (nSPS) is 17.4. The van der Waals surface area contributed by atoms with Crippen LogP contribution in [0.15, 0.2) is 28.8 Å². The van der Waals surface area contributed by atoms with Gasteiger partial charge in [0.15, 0.2) is 0 Å². The van der Waals surface area contributed by atoms with E-state index >= 15 is 0 Å². The largest absolute Gasteiger partial charge is 0.497 e. The van der Waals surface area contributed by atoms with Crippen LogP contribution in [-0.2, 0) is 4.79 Å². The summed E-state index contributed by atoms with van der Waals surface area (Å²) in [5, 5.41) is 13.6. The van der Waals surface area contributed by atoms with Crippen LogP contribution in [0.1, 0.15) is 29.8 Å². The van der Waals surface area contributed by atoms with E-state index in [1.165, 1.54) is 18.1 Å². The number of nitrogens with zero attached hydrogens (tertiary/aromatic N) is 2. The van der Waals surface area contributed by atoms with Crippen molar-refractivity contribution >= 4 is 23.5 Å². The number of ether oxygens (including phenoxy) is 1. The van der Waals surface area contributed by atoms with Crippen LogP contribution in [0.5, 0.6) is 5.75 Å². The fraction of sp³-hybridized carbons (Fsp3) is 0.353. The number of carbonyl (C=O) groups excluding carboxylic acids is 1. The van der Waals surface area contributed by atoms with Crippen LogP contribution in [0.4, 0.5) is 0 Å². The predicted octanol–water partition coefficient (Wildman–Crippen LogP) is 3.08. The lowest BCUT2D eigenvalue weighted by molar-refractivity contribution is -0.143. The molecule has 7 nitrogen and oxygen atoms in total. The summed E-state index contributed by atoms with van der Waals surface area (Å²) in [5.74, 6) is -0.909. The summed E-state index contributed by atoms with van der Waals surface area (Å²) in [7, 11) is 1.53. The van der Waals surface area contributed by atoms with Crippen LogP contribution in [0.3, 0.4) is 0 Å². The molecule has 1 aromatic carbocycles. The number of aliphatic carboxylic acids is 1. The molecule has 8 heteroatoms. The molecule has 2 heterocycles. The van der Waals surface area contributed by atoms with E-state index in [1.807, 2.05) is 0 Å². The van der Waals surface area contributed by atoms with Crippen LogP contribution >= 0.6 is 11.6 Å². The molecule has 1 saturated heterocycles. The first-order valence-corrected chi connectivity index (χ1v) is 8.23. The van der Waals surface area contributed by atoms with E-state index < -0.39 is 17.9 Å². The Kier molecular flexibility index (Phi) is 4.94. The van der Waals surface area contributed by atoms with E-state index in [4.69, 9.17) is 20.9 Å². The molecule has 0 aliphatic carbocycles. The number of benzene rings is 1. The van der Waals surface area contributed by atoms with Gasteiger partial charge in [-0.3, -0.25) is 4.79 Å². The van der Waals surface area contributed by atoms with Crippen molar-refractivity contribution in [2.24, 2.45) is 0 Å². The minimum Gasteiger partial charge on any atom is -0.497 e. The van der Waals surface area contributed by atoms with Gasteiger partial charge in [0.1, 0.15) is 17.5 Å². The Morgan fingerprint density at radius 2 is 2.16 bits per heavy atom. The van der Waals surface area contributed by atoms with Crippen molar-refractivity contribution in [2.45, 2.75) is 25.3 Å². The summed E-state index contributed by atoms with van der Waals surface area (Å²) in [6.07, 6.45) is 1.98. The summed E-state index contributed by atoms with van der Waals surface area (Å²) in [6, 6.07) is 5.70. The van der Waals surface area contributed by atoms with Gasteiger partial charge in [0.2, 0.25) is 5.76 Å². The molecule has 1 aliphatic rings. The number of piperidine rings is 1. The average Bonchev–Trinajstić information content (AvgIpc) is 3.11. The molecule has 3 rings (SSSR count). The zero-order valence-electron chi connectivity index (χ0n) is 13.6. The molecule has 0 bridgehead atoms. The van der Waals surface area contributed by atoms with Gasteiger partial charge in [-0.25, -0.2) is 4.79 Å². The van der Waals surface area contributed by atoms with E-state index in [2.05, 4.69) is 5.16 Å². The van der Waals surface area contributed by atoms with Gasteiger partial charge < -0.3 is 19.3 Å². The molecule has 0 saturated carbocycles. The highest BCUT2D eigenvalue weighted by molar-refractivity contribution is 6.33. The molecule has 1 fully saturated rings. The average molecular weight is 365 g/mol. The van der Waals surface area contributed by atoms with Crippen molar-refractivity contribution in [1.82, 2.24) is 10.1 Å². The summed E-state index contributed by atoms with van der Waals surface area (Å²) in [6.45, 7) is 0.381. The quantitative estimate of drug-likeness (QED) is 0.896. The van der Waals surface area contributed by atoms with Gasteiger partial charge >= 0.3 is 5.97 Å². The lowest BCUT2D eigenvalue weighted by Gasteiger charge is -2.31. The molecule has 132 valence electrons. The van der Waals surface area contributed by atoms with Crippen molar-refractivity contribution in [3.63, 3.8) is 0 Å². The maximum absolute atomic E-state index is 12.6. The number of halogens is 1. The Bertz CT molecular complexity index is 804. The van der Waals surface area contributed by atoms with Gasteiger partial charge in [-0.2, -0.15) is 0 Å². The van der Waals surface area contributed by atoms with E-state index in [0.29, 0.717) is 35.0 Å². The number of carboxylic acids is 1. The van der Waals surface area contributed by atoms with Crippen LogP contribution in [-0.4, -0.2) is 46.7 Å². The van der Waals surface area contributed by atoms with Crippen LogP contribution in [0, 0.1) is 0 Å². The summed E-state index contributed by atoms with van der Waals surface area (Å²) >= 11 is 6.18. The van der Waals surface area contributed by atoms with Crippen LogP contribution < -0.4 is 4.74 Å². The standard InChI is InChI=1S/C17H17ClN2O5/c1-24-10-5-6-12(18)11(8-10)13-9-15(25-19-13)16(21)20-7-3-2-4-14(20)17(22)23/h5-6,8-9,14H,2-4,7H2,1H3,(H,22,23). The molecule has 1 aromatic heterocycles. The highest BCUT2D eigenvalue weighted by Crippen LogP contribution is 2.31. The smallest absolute Gasteiger partial charge is 0.326 e. The highest BCUT2D eigenvalue weighted by Gasteiger charge is 2.34. The zero-order chi connectivity index (χ0) is 18.0. The number of carboxylic acid groups (broad SMARTS) is 1. The number of hydrogen-bond donors (Lipinski definition) is 1. The number of hydrogen-bond acceptors (Lipinski definition) is 5. The van der Waals surface area contributed by atoms with Gasteiger partial charge in [0, 0.05) is 18.2 Å². The second-order valence-electron chi connectivity index (χ2n) is 5.77. The van der Waals surface area contributed by atoms with Gasteiger partial charge in [-0.1, -0.05) is 16.8 Å². The number of rotatable bonds is 4. The van der Waals surface area contributed by atoms with E-state index in [-0.39, 0.29) is 5.76 Å². The molecule has 0 radical (unpaired) electrons. The Hall–Kier alpha value is -2.54. The molecule has 1 atom stereocenters. The van der Waals surface area contributed by atoms with Gasteiger partial charge in [-0.15, -0.1) is 0 Å². The third-order valence-electron chi connectivity index (χ3n) is 4.22. The van der Waals surface area contributed by atoms with Gasteiger partial charge in [0.05, 0.1) is 12.1 Å². The van der Waals surface area contributed by atoms with Crippen molar-refractivity contribution in [2.75, 3.05) is 13.7 Å². The Balaban J connectivity index is 1.88.